The second kappa shape index (κ2) is 14.2. The summed E-state index contributed by atoms with van der Waals surface area (Å²) in [6, 6.07) is 13.3. The molecular formula is C37H34ClF3N8O6S. The molecule has 0 saturated carbocycles. The van der Waals surface area contributed by atoms with Gasteiger partial charge >= 0.3 is 6.18 Å². The van der Waals surface area contributed by atoms with Crippen molar-refractivity contribution in [2.75, 3.05) is 46.9 Å². The maximum absolute atomic E-state index is 14.4. The highest BCUT2D eigenvalue weighted by atomic mass is 35.5. The van der Waals surface area contributed by atoms with Gasteiger partial charge in [-0.1, -0.05) is 42.8 Å². The predicted molar refractivity (Wildman–Crippen MR) is 201 cm³/mol. The molecule has 14 nitrogen and oxygen atoms in total. The third-order valence-electron chi connectivity index (χ3n) is 10.2. The van der Waals surface area contributed by atoms with Gasteiger partial charge < -0.3 is 24.4 Å². The van der Waals surface area contributed by atoms with Crippen molar-refractivity contribution < 1.29 is 35.9 Å². The lowest BCUT2D eigenvalue weighted by Crippen LogP contribution is -2.51. The number of nitrogens with one attached hydrogen (secondary N) is 2. The Morgan fingerprint density at radius 3 is 2.50 bits per heavy atom. The number of carbonyl (C=O) groups excluding carboxylic acids is 2. The van der Waals surface area contributed by atoms with Gasteiger partial charge in [-0.05, 0) is 59.9 Å². The number of ether oxygens (including phenoxy) is 1. The number of alkyl halides is 3. The summed E-state index contributed by atoms with van der Waals surface area (Å²) in [6.07, 6.45) is -4.07. The molecule has 5 heterocycles. The molecule has 5 aromatic rings. The Bertz CT molecular complexity index is 2600. The number of amides is 2. The van der Waals surface area contributed by atoms with Crippen molar-refractivity contribution >= 4 is 56.3 Å². The number of sulfonamides is 1. The quantitative estimate of drug-likeness (QED) is 0.237. The Morgan fingerprint density at radius 2 is 1.77 bits per heavy atom. The summed E-state index contributed by atoms with van der Waals surface area (Å²) in [5.74, 6) is -0.768. The van der Waals surface area contributed by atoms with Gasteiger partial charge in [0, 0.05) is 31.7 Å². The van der Waals surface area contributed by atoms with E-state index in [1.807, 2.05) is 30.0 Å². The molecule has 19 heteroatoms. The molecule has 1 fully saturated rings. The summed E-state index contributed by atoms with van der Waals surface area (Å²) in [7, 11) is -3.58. The van der Waals surface area contributed by atoms with E-state index < -0.39 is 39.8 Å². The van der Waals surface area contributed by atoms with Crippen LogP contribution in [0.15, 0.2) is 59.4 Å². The number of rotatable bonds is 7. The zero-order valence-corrected chi connectivity index (χ0v) is 31.4. The van der Waals surface area contributed by atoms with Gasteiger partial charge in [-0.25, -0.2) is 8.42 Å². The van der Waals surface area contributed by atoms with E-state index in [0.717, 1.165) is 39.4 Å². The SMILES string of the molecule is CCc1c(N2CCN(C(=O)c3cccc4c3NS(=O)(=O)CC4)CC2)c(=O)n2nc(-c3ccc4c(c3)COC4)nc2n1CC(=O)Nc1ccc(C(F)(F)F)cc1Cl. The molecule has 3 aliphatic rings. The van der Waals surface area contributed by atoms with Crippen molar-refractivity contribution in [1.82, 2.24) is 24.1 Å². The Hall–Kier alpha value is -5.46. The third-order valence-corrected chi connectivity index (χ3v) is 11.7. The second-order valence-electron chi connectivity index (χ2n) is 13.7. The molecule has 0 radical (unpaired) electrons. The highest BCUT2D eigenvalue weighted by Crippen LogP contribution is 2.34. The minimum atomic E-state index is -4.63. The highest BCUT2D eigenvalue weighted by molar-refractivity contribution is 7.92. The van der Waals surface area contributed by atoms with Crippen LogP contribution in [0.3, 0.4) is 0 Å². The van der Waals surface area contributed by atoms with E-state index in [4.69, 9.17) is 21.3 Å². The smallest absolute Gasteiger partial charge is 0.372 e. The fourth-order valence-corrected chi connectivity index (χ4v) is 8.72. The maximum atomic E-state index is 14.4. The van der Waals surface area contributed by atoms with Crippen molar-refractivity contribution in [3.05, 3.63) is 103 Å². The molecule has 0 spiro atoms. The number of halogens is 4. The van der Waals surface area contributed by atoms with Crippen molar-refractivity contribution in [1.29, 1.82) is 0 Å². The number of aromatic nitrogens is 4. The molecule has 8 rings (SSSR count). The van der Waals surface area contributed by atoms with Crippen molar-refractivity contribution in [3.63, 3.8) is 0 Å². The molecule has 2 N–H and O–H groups in total. The highest BCUT2D eigenvalue weighted by Gasteiger charge is 2.33. The van der Waals surface area contributed by atoms with Crippen LogP contribution in [0.1, 0.15) is 45.2 Å². The summed E-state index contributed by atoms with van der Waals surface area (Å²) < 4.78 is 75.3. The monoisotopic (exact) mass is 810 g/mol. The number of piperazine rings is 1. The molecule has 2 aromatic heterocycles. The maximum Gasteiger partial charge on any atom is 0.416 e. The molecule has 2 amide bonds. The molecule has 3 aromatic carbocycles. The molecule has 0 unspecified atom stereocenters. The van der Waals surface area contributed by atoms with Crippen LogP contribution in [0.5, 0.6) is 0 Å². The first-order chi connectivity index (χ1) is 26.7. The molecular weight excluding hydrogens is 777 g/mol. The molecule has 0 bridgehead atoms. The van der Waals surface area contributed by atoms with Gasteiger partial charge in [0.05, 0.1) is 52.2 Å². The Morgan fingerprint density at radius 1 is 1.00 bits per heavy atom. The minimum Gasteiger partial charge on any atom is -0.372 e. The number of nitrogens with zero attached hydrogens (tertiary/aromatic N) is 6. The molecule has 0 atom stereocenters. The first-order valence-electron chi connectivity index (χ1n) is 17.8. The number of aryl methyl sites for hydroxylation is 1. The fourth-order valence-electron chi connectivity index (χ4n) is 7.35. The number of hydrogen-bond donors (Lipinski definition) is 2. The number of para-hydroxylation sites is 1. The summed E-state index contributed by atoms with van der Waals surface area (Å²) in [4.78, 5) is 50.0. The standard InChI is InChI=1S/C37H34ClF3N8O6S/c1-2-29-32(46-11-13-47(14-12-46)34(51)26-5-3-4-21-10-15-56(53,54)45-31(21)26)35(52)49-36(43-33(44-49)22-6-7-23-19-55-20-24(23)16-22)48(29)18-30(50)42-28-9-8-25(17-27(28)38)37(39,40)41/h3-9,16-17,45H,2,10-15,18-20H2,1H3,(H,42,50). The largest absolute Gasteiger partial charge is 0.416 e. The van der Waals surface area contributed by atoms with Crippen molar-refractivity contribution in [3.8, 4) is 11.4 Å². The first-order valence-corrected chi connectivity index (χ1v) is 19.8. The summed E-state index contributed by atoms with van der Waals surface area (Å²) >= 11 is 6.15. The van der Waals surface area contributed by atoms with Gasteiger partial charge in [-0.15, -0.1) is 5.10 Å². The van der Waals surface area contributed by atoms with Crippen LogP contribution >= 0.6 is 11.6 Å². The van der Waals surface area contributed by atoms with Gasteiger partial charge in [-0.2, -0.15) is 22.7 Å². The third kappa shape index (κ3) is 6.96. The van der Waals surface area contributed by atoms with Gasteiger partial charge in [0.1, 0.15) is 12.2 Å². The van der Waals surface area contributed by atoms with Gasteiger partial charge in [0.15, 0.2) is 5.82 Å². The molecule has 56 heavy (non-hydrogen) atoms. The molecule has 3 aliphatic heterocycles. The Balaban J connectivity index is 1.13. The average Bonchev–Trinajstić information content (AvgIpc) is 3.83. The number of fused-ring (bicyclic) bond motifs is 3. The Kier molecular flexibility index (Phi) is 9.53. The van der Waals surface area contributed by atoms with Crippen LogP contribution < -0.4 is 20.5 Å². The molecule has 0 aliphatic carbocycles. The van der Waals surface area contributed by atoms with E-state index >= 15 is 0 Å². The summed E-state index contributed by atoms with van der Waals surface area (Å²) in [6.45, 7) is 3.14. The lowest BCUT2D eigenvalue weighted by Gasteiger charge is -2.37. The van der Waals surface area contributed by atoms with Crippen LogP contribution in [-0.2, 0) is 58.3 Å². The predicted octanol–water partition coefficient (Wildman–Crippen LogP) is 4.72. The van der Waals surface area contributed by atoms with E-state index in [1.165, 1.54) is 0 Å². The van der Waals surface area contributed by atoms with E-state index in [-0.39, 0.29) is 89.9 Å². The normalized spacial score (nSPS) is 16.4. The molecule has 1 saturated heterocycles. The lowest BCUT2D eigenvalue weighted by atomic mass is 10.0. The average molecular weight is 811 g/mol. The van der Waals surface area contributed by atoms with E-state index in [9.17, 15) is 36.0 Å². The van der Waals surface area contributed by atoms with Crippen LogP contribution in [0.4, 0.5) is 30.2 Å². The number of hydrogen-bond acceptors (Lipinski definition) is 9. The zero-order chi connectivity index (χ0) is 39.5. The van der Waals surface area contributed by atoms with Crippen LogP contribution in [0.2, 0.25) is 5.02 Å². The minimum absolute atomic E-state index is 0.0317. The van der Waals surface area contributed by atoms with Crippen LogP contribution in [-0.4, -0.2) is 76.2 Å². The zero-order valence-electron chi connectivity index (χ0n) is 29.8. The number of benzene rings is 3. The summed E-state index contributed by atoms with van der Waals surface area (Å²) in [5, 5.41) is 6.88. The first kappa shape index (κ1) is 37.5. The topological polar surface area (TPSA) is 160 Å². The molecule has 292 valence electrons. The van der Waals surface area contributed by atoms with Crippen molar-refractivity contribution in [2.45, 2.75) is 45.7 Å². The van der Waals surface area contributed by atoms with Crippen molar-refractivity contribution in [2.24, 2.45) is 0 Å². The number of carbonyl (C=O) groups is 2. The van der Waals surface area contributed by atoms with Crippen LogP contribution in [0.25, 0.3) is 17.2 Å². The van der Waals surface area contributed by atoms with Crippen LogP contribution in [0, 0.1) is 0 Å². The number of anilines is 3. The second-order valence-corrected chi connectivity index (χ2v) is 15.9. The summed E-state index contributed by atoms with van der Waals surface area (Å²) in [5.41, 5.74) is 3.06. The Labute approximate surface area is 322 Å². The van der Waals surface area contributed by atoms with Gasteiger partial charge in [0.2, 0.25) is 21.7 Å². The van der Waals surface area contributed by atoms with Gasteiger partial charge in [-0.3, -0.25) is 19.1 Å². The van der Waals surface area contributed by atoms with Gasteiger partial charge in [0.25, 0.3) is 11.5 Å². The fraction of sp³-hybridized carbons (Fsp3) is 0.324. The van der Waals surface area contributed by atoms with E-state index in [1.54, 1.807) is 27.7 Å². The van der Waals surface area contributed by atoms with E-state index in [0.29, 0.717) is 24.5 Å². The van der Waals surface area contributed by atoms with E-state index in [2.05, 4.69) is 15.1 Å². The lowest BCUT2D eigenvalue weighted by molar-refractivity contribution is -0.137.